The Kier molecular flexibility index (Phi) is 5.84. The molecule has 0 bridgehead atoms. The second-order valence-electron chi connectivity index (χ2n) is 6.27. The van der Waals surface area contributed by atoms with E-state index in [9.17, 15) is 9.90 Å². The molecule has 0 aliphatic carbocycles. The second-order valence-corrected chi connectivity index (χ2v) is 7.12. The van der Waals surface area contributed by atoms with E-state index in [0.29, 0.717) is 21.7 Å². The number of aromatic nitrogens is 2. The fraction of sp³-hybridized carbons (Fsp3) is 0.389. The lowest BCUT2D eigenvalue weighted by atomic mass is 10.0. The zero-order valence-corrected chi connectivity index (χ0v) is 15.7. The van der Waals surface area contributed by atoms with Gasteiger partial charge in [-0.05, 0) is 31.9 Å². The van der Waals surface area contributed by atoms with E-state index in [1.807, 2.05) is 11.0 Å². The summed E-state index contributed by atoms with van der Waals surface area (Å²) in [6, 6.07) is 5.13. The molecule has 0 radical (unpaired) electrons. The predicted octanol–water partition coefficient (Wildman–Crippen LogP) is 4.05. The zero-order valence-electron chi connectivity index (χ0n) is 14.2. The number of ether oxygens (including phenoxy) is 1. The van der Waals surface area contributed by atoms with E-state index in [0.717, 1.165) is 24.9 Å². The maximum atomic E-state index is 11.3. The Hall–Kier alpha value is -2.05. The highest BCUT2D eigenvalue weighted by atomic mass is 35.5. The number of carbonyl (C=O) groups is 1. The highest BCUT2D eigenvalue weighted by Crippen LogP contribution is 2.28. The molecule has 8 heteroatoms. The normalized spacial score (nSPS) is 18.0. The first-order chi connectivity index (χ1) is 12.5. The van der Waals surface area contributed by atoms with Gasteiger partial charge in [-0.25, -0.2) is 9.97 Å². The molecule has 2 atom stereocenters. The third-order valence-corrected chi connectivity index (χ3v) is 5.13. The van der Waals surface area contributed by atoms with Gasteiger partial charge in [-0.15, -0.1) is 0 Å². The van der Waals surface area contributed by atoms with E-state index >= 15 is 0 Å². The van der Waals surface area contributed by atoms with Crippen LogP contribution in [0.4, 0.5) is 5.95 Å². The molecular formula is C18H19Cl2N3O3. The fourth-order valence-electron chi connectivity index (χ4n) is 3.06. The first-order valence-corrected chi connectivity index (χ1v) is 9.09. The third kappa shape index (κ3) is 4.19. The minimum absolute atomic E-state index is 0.0906. The molecule has 2 heterocycles. The quantitative estimate of drug-likeness (QED) is 0.794. The van der Waals surface area contributed by atoms with Crippen LogP contribution in [0.2, 0.25) is 10.0 Å². The average molecular weight is 396 g/mol. The maximum absolute atomic E-state index is 11.3. The molecule has 1 aliphatic heterocycles. The van der Waals surface area contributed by atoms with Crippen molar-refractivity contribution >= 4 is 35.1 Å². The molecule has 1 saturated heterocycles. The van der Waals surface area contributed by atoms with Crippen molar-refractivity contribution in [2.45, 2.75) is 32.4 Å². The van der Waals surface area contributed by atoms with Crippen molar-refractivity contribution in [3.8, 4) is 5.75 Å². The lowest BCUT2D eigenvalue weighted by molar-refractivity contribution is -0.141. The second kappa shape index (κ2) is 8.10. The van der Waals surface area contributed by atoms with Crippen LogP contribution in [0.1, 0.15) is 25.3 Å². The molecule has 1 aromatic heterocycles. The smallest absolute Gasteiger partial charge is 0.308 e. The molecular weight excluding hydrogens is 377 g/mol. The molecule has 2 aromatic rings. The van der Waals surface area contributed by atoms with Crippen molar-refractivity contribution in [3.63, 3.8) is 0 Å². The topological polar surface area (TPSA) is 75.5 Å². The van der Waals surface area contributed by atoms with Gasteiger partial charge in [-0.3, -0.25) is 4.79 Å². The summed E-state index contributed by atoms with van der Waals surface area (Å²) < 4.78 is 5.68. The van der Waals surface area contributed by atoms with Crippen molar-refractivity contribution in [2.75, 3.05) is 11.4 Å². The molecule has 0 amide bonds. The first-order valence-electron chi connectivity index (χ1n) is 8.34. The van der Waals surface area contributed by atoms with Crippen LogP contribution in [-0.4, -0.2) is 33.6 Å². The van der Waals surface area contributed by atoms with Gasteiger partial charge >= 0.3 is 5.97 Å². The van der Waals surface area contributed by atoms with E-state index in [-0.39, 0.29) is 12.6 Å². The van der Waals surface area contributed by atoms with Crippen LogP contribution in [0, 0.1) is 5.92 Å². The molecule has 0 saturated carbocycles. The minimum atomic E-state index is -0.804. The maximum Gasteiger partial charge on any atom is 0.308 e. The number of hydrogen-bond donors (Lipinski definition) is 1. The summed E-state index contributed by atoms with van der Waals surface area (Å²) in [6.45, 7) is 2.75. The zero-order chi connectivity index (χ0) is 18.7. The van der Waals surface area contributed by atoms with Gasteiger partial charge in [0.15, 0.2) is 5.75 Å². The number of benzene rings is 1. The molecule has 1 unspecified atom stereocenters. The predicted molar refractivity (Wildman–Crippen MR) is 100.0 cm³/mol. The summed E-state index contributed by atoms with van der Waals surface area (Å²) in [7, 11) is 0. The summed E-state index contributed by atoms with van der Waals surface area (Å²) in [4.78, 5) is 21.9. The van der Waals surface area contributed by atoms with E-state index in [2.05, 4.69) is 9.97 Å². The number of carboxylic acid groups (broad SMARTS) is 1. The highest BCUT2D eigenvalue weighted by molar-refractivity contribution is 6.35. The Morgan fingerprint density at radius 3 is 2.77 bits per heavy atom. The van der Waals surface area contributed by atoms with E-state index in [1.165, 1.54) is 0 Å². The first kappa shape index (κ1) is 18.7. The van der Waals surface area contributed by atoms with Gasteiger partial charge in [0, 0.05) is 28.2 Å². The van der Waals surface area contributed by atoms with Crippen LogP contribution in [0.5, 0.6) is 5.75 Å². The molecule has 138 valence electrons. The van der Waals surface area contributed by atoms with Crippen LogP contribution >= 0.6 is 23.2 Å². The Morgan fingerprint density at radius 2 is 2.12 bits per heavy atom. The average Bonchev–Trinajstić information content (AvgIpc) is 3.10. The van der Waals surface area contributed by atoms with E-state index in [1.54, 1.807) is 31.5 Å². The molecule has 1 aromatic carbocycles. The fourth-order valence-corrected chi connectivity index (χ4v) is 3.52. The molecule has 6 nitrogen and oxygen atoms in total. The van der Waals surface area contributed by atoms with Crippen molar-refractivity contribution in [2.24, 2.45) is 5.92 Å². The molecule has 1 N–H and O–H groups in total. The SMILES string of the molecule is C[C@H](C(=O)O)C1CCCN1c1ncc(OCc2ccc(Cl)cc2Cl)cn1. The Balaban J connectivity index is 1.65. The van der Waals surface area contributed by atoms with Gasteiger partial charge < -0.3 is 14.7 Å². The van der Waals surface area contributed by atoms with Crippen LogP contribution in [0.15, 0.2) is 30.6 Å². The number of nitrogens with zero attached hydrogens (tertiary/aromatic N) is 3. The summed E-state index contributed by atoms with van der Waals surface area (Å²) >= 11 is 12.0. The largest absolute Gasteiger partial charge is 0.486 e. The summed E-state index contributed by atoms with van der Waals surface area (Å²) in [6.07, 6.45) is 4.93. The molecule has 1 fully saturated rings. The van der Waals surface area contributed by atoms with Crippen molar-refractivity contribution in [3.05, 3.63) is 46.2 Å². The van der Waals surface area contributed by atoms with Gasteiger partial charge in [-0.2, -0.15) is 0 Å². The molecule has 1 aliphatic rings. The van der Waals surface area contributed by atoms with Crippen molar-refractivity contribution in [1.29, 1.82) is 0 Å². The molecule has 26 heavy (non-hydrogen) atoms. The number of hydrogen-bond acceptors (Lipinski definition) is 5. The van der Waals surface area contributed by atoms with Gasteiger partial charge in [0.25, 0.3) is 0 Å². The van der Waals surface area contributed by atoms with Gasteiger partial charge in [0.1, 0.15) is 6.61 Å². The summed E-state index contributed by atoms with van der Waals surface area (Å²) in [5.41, 5.74) is 0.815. The van der Waals surface area contributed by atoms with Gasteiger partial charge in [0.2, 0.25) is 5.95 Å². The molecule has 3 rings (SSSR count). The van der Waals surface area contributed by atoms with Crippen LogP contribution in [0.25, 0.3) is 0 Å². The number of anilines is 1. The summed E-state index contributed by atoms with van der Waals surface area (Å²) in [5.74, 6) is -0.231. The monoisotopic (exact) mass is 395 g/mol. The van der Waals surface area contributed by atoms with Crippen molar-refractivity contribution in [1.82, 2.24) is 9.97 Å². The lowest BCUT2D eigenvalue weighted by Gasteiger charge is -2.27. The van der Waals surface area contributed by atoms with Gasteiger partial charge in [0.05, 0.1) is 18.3 Å². The molecule has 0 spiro atoms. The highest BCUT2D eigenvalue weighted by Gasteiger charge is 2.34. The van der Waals surface area contributed by atoms with Crippen LogP contribution in [-0.2, 0) is 11.4 Å². The van der Waals surface area contributed by atoms with Crippen LogP contribution in [0.3, 0.4) is 0 Å². The van der Waals surface area contributed by atoms with E-state index < -0.39 is 11.9 Å². The van der Waals surface area contributed by atoms with Gasteiger partial charge in [-0.1, -0.05) is 29.3 Å². The minimum Gasteiger partial charge on any atom is -0.486 e. The lowest BCUT2D eigenvalue weighted by Crippen LogP contribution is -2.38. The Bertz CT molecular complexity index is 786. The Labute approximate surface area is 161 Å². The number of halogens is 2. The van der Waals surface area contributed by atoms with Crippen LogP contribution < -0.4 is 9.64 Å². The standard InChI is InChI=1S/C18H19Cl2N3O3/c1-11(17(24)25)16-3-2-6-23(16)18-21-8-14(9-22-18)26-10-12-4-5-13(19)7-15(12)20/h4-5,7-9,11,16H,2-3,6,10H2,1H3,(H,24,25)/t11-,16?/m0/s1. The number of carboxylic acids is 1. The summed E-state index contributed by atoms with van der Waals surface area (Å²) in [5, 5.41) is 10.4. The number of rotatable bonds is 6. The number of aliphatic carboxylic acids is 1. The van der Waals surface area contributed by atoms with E-state index in [4.69, 9.17) is 27.9 Å². The Morgan fingerprint density at radius 1 is 1.38 bits per heavy atom. The third-order valence-electron chi connectivity index (χ3n) is 4.55. The van der Waals surface area contributed by atoms with Crippen molar-refractivity contribution < 1.29 is 14.6 Å².